The van der Waals surface area contributed by atoms with Crippen LogP contribution in [0.2, 0.25) is 0 Å². The number of ether oxygens (including phenoxy) is 1. The number of rotatable bonds is 1. The van der Waals surface area contributed by atoms with Gasteiger partial charge >= 0.3 is 5.97 Å². The highest BCUT2D eigenvalue weighted by atomic mass is 16.5. The van der Waals surface area contributed by atoms with Gasteiger partial charge in [0.15, 0.2) is 5.78 Å². The maximum atomic E-state index is 14.2. The van der Waals surface area contributed by atoms with Crippen molar-refractivity contribution in [3.05, 3.63) is 23.3 Å². The zero-order chi connectivity index (χ0) is 25.8. The number of hydrogen-bond acceptors (Lipinski definition) is 4. The van der Waals surface area contributed by atoms with Crippen molar-refractivity contribution in [1.29, 1.82) is 0 Å². The first-order valence-electron chi connectivity index (χ1n) is 13.7. The molecule has 0 heterocycles. The Kier molecular flexibility index (Phi) is 5.13. The molecule has 0 radical (unpaired) electrons. The topological polar surface area (TPSA) is 60.4 Å². The Hall–Kier alpha value is -1.71. The van der Waals surface area contributed by atoms with Gasteiger partial charge in [-0.05, 0) is 96.7 Å². The molecule has 0 saturated heterocycles. The van der Waals surface area contributed by atoms with Crippen LogP contribution in [-0.2, 0) is 19.1 Å². The summed E-state index contributed by atoms with van der Waals surface area (Å²) in [6.07, 6.45) is 11.3. The molecule has 4 heteroatoms. The number of hydrogen-bond donors (Lipinski definition) is 0. The molecule has 192 valence electrons. The number of carbonyl (C=O) groups excluding carboxylic acids is 3. The van der Waals surface area contributed by atoms with E-state index in [-0.39, 0.29) is 50.7 Å². The highest BCUT2D eigenvalue weighted by Crippen LogP contribution is 2.74. The molecule has 0 aliphatic heterocycles. The summed E-state index contributed by atoms with van der Waals surface area (Å²) in [5.41, 5.74) is 0.877. The van der Waals surface area contributed by atoms with Crippen molar-refractivity contribution in [2.75, 3.05) is 7.11 Å². The third-order valence-electron chi connectivity index (χ3n) is 12.4. The Morgan fingerprint density at radius 1 is 0.886 bits per heavy atom. The second-order valence-corrected chi connectivity index (χ2v) is 14.4. The number of Topliss-reactive ketones (excluding diaryl/α,β-unsaturated/α-hetero) is 1. The lowest BCUT2D eigenvalue weighted by molar-refractivity contribution is -0.182. The second-order valence-electron chi connectivity index (χ2n) is 14.4. The van der Waals surface area contributed by atoms with Crippen LogP contribution in [0.5, 0.6) is 0 Å². The Labute approximate surface area is 211 Å². The van der Waals surface area contributed by atoms with Crippen molar-refractivity contribution in [2.45, 2.75) is 99.8 Å². The van der Waals surface area contributed by atoms with Crippen LogP contribution < -0.4 is 0 Å². The molecule has 0 amide bonds. The van der Waals surface area contributed by atoms with E-state index in [2.05, 4.69) is 47.6 Å². The number of fused-ring (bicyclic) bond motifs is 7. The normalized spacial score (nSPS) is 48.5. The van der Waals surface area contributed by atoms with Crippen molar-refractivity contribution >= 4 is 17.5 Å². The minimum atomic E-state index is -0.652. The lowest BCUT2D eigenvalue weighted by atomic mass is 9.34. The standard InChI is InChI=1S/C31H44O4/c1-26(2)22-9-12-31(7)24(29(22,5)11-10-23(26)33)21(32)17-19-20-18-28(4,25(34)35-8)14-13-27(20,3)15-16-30(19,31)6/h17-18,22,24H,9-16H2,1-8H3/t22-,24+,27+,28-,29+,30-,31-/m0/s1. The number of ketones is 2. The van der Waals surface area contributed by atoms with E-state index in [0.29, 0.717) is 12.2 Å². The van der Waals surface area contributed by atoms with Crippen LogP contribution in [0.15, 0.2) is 23.3 Å². The SMILES string of the molecule is COC(=O)[C@]1(C)C=C2C3=CC(=O)[C@@H]4[C@]5(C)CCC(=O)C(C)(C)[C@@H]5CC[C@]4(C)[C@@]3(C)CC[C@@]2(C)CC1. The van der Waals surface area contributed by atoms with Gasteiger partial charge in [-0.1, -0.05) is 47.6 Å². The van der Waals surface area contributed by atoms with Gasteiger partial charge in [-0.3, -0.25) is 14.4 Å². The maximum Gasteiger partial charge on any atom is 0.315 e. The van der Waals surface area contributed by atoms with Gasteiger partial charge in [0, 0.05) is 17.8 Å². The predicted octanol–water partition coefficient (Wildman–Crippen LogP) is 6.63. The lowest BCUT2D eigenvalue weighted by Crippen LogP contribution is -2.65. The van der Waals surface area contributed by atoms with Crippen molar-refractivity contribution in [3.63, 3.8) is 0 Å². The molecule has 5 aliphatic rings. The Morgan fingerprint density at radius 2 is 1.54 bits per heavy atom. The first-order chi connectivity index (χ1) is 16.1. The molecule has 0 aromatic rings. The molecule has 5 rings (SSSR count). The lowest BCUT2D eigenvalue weighted by Gasteiger charge is -2.68. The molecule has 7 atom stereocenters. The molecule has 5 aliphatic carbocycles. The fourth-order valence-electron chi connectivity index (χ4n) is 9.79. The van der Waals surface area contributed by atoms with Gasteiger partial charge in [0.25, 0.3) is 0 Å². The zero-order valence-corrected chi connectivity index (χ0v) is 23.1. The molecule has 0 N–H and O–H groups in total. The second kappa shape index (κ2) is 7.19. The van der Waals surface area contributed by atoms with Gasteiger partial charge in [-0.2, -0.15) is 0 Å². The summed E-state index contributed by atoms with van der Waals surface area (Å²) in [6, 6.07) is 0. The first kappa shape index (κ1) is 25.0. The molecule has 0 bridgehead atoms. The van der Waals surface area contributed by atoms with Crippen LogP contribution in [0.3, 0.4) is 0 Å². The average Bonchev–Trinajstić information content (AvgIpc) is 2.78. The quantitative estimate of drug-likeness (QED) is 0.395. The predicted molar refractivity (Wildman–Crippen MR) is 136 cm³/mol. The van der Waals surface area contributed by atoms with Crippen molar-refractivity contribution < 1.29 is 19.1 Å². The van der Waals surface area contributed by atoms with E-state index < -0.39 is 5.41 Å². The van der Waals surface area contributed by atoms with Gasteiger partial charge in [-0.15, -0.1) is 0 Å². The van der Waals surface area contributed by atoms with Crippen LogP contribution in [0.1, 0.15) is 99.8 Å². The van der Waals surface area contributed by atoms with Crippen LogP contribution in [0.4, 0.5) is 0 Å². The summed E-state index contributed by atoms with van der Waals surface area (Å²) < 4.78 is 5.20. The molecule has 3 fully saturated rings. The summed E-state index contributed by atoms with van der Waals surface area (Å²) in [4.78, 5) is 39.9. The van der Waals surface area contributed by atoms with Gasteiger partial charge in [0.1, 0.15) is 5.78 Å². The third kappa shape index (κ3) is 2.95. The van der Waals surface area contributed by atoms with E-state index >= 15 is 0 Å². The Bertz CT molecular complexity index is 1080. The summed E-state index contributed by atoms with van der Waals surface area (Å²) in [5, 5.41) is 0. The molecule has 0 aromatic heterocycles. The fourth-order valence-corrected chi connectivity index (χ4v) is 9.79. The third-order valence-corrected chi connectivity index (χ3v) is 12.4. The Morgan fingerprint density at radius 3 is 2.20 bits per heavy atom. The largest absolute Gasteiger partial charge is 0.468 e. The number of methoxy groups -OCH3 is 1. The zero-order valence-electron chi connectivity index (χ0n) is 23.1. The highest BCUT2D eigenvalue weighted by Gasteiger charge is 2.69. The monoisotopic (exact) mass is 480 g/mol. The summed E-state index contributed by atoms with van der Waals surface area (Å²) in [5.74, 6) is 0.580. The van der Waals surface area contributed by atoms with Crippen LogP contribution in [0.25, 0.3) is 0 Å². The van der Waals surface area contributed by atoms with Crippen molar-refractivity contribution in [1.82, 2.24) is 0 Å². The average molecular weight is 481 g/mol. The molecular weight excluding hydrogens is 436 g/mol. The van der Waals surface area contributed by atoms with Crippen LogP contribution in [0, 0.1) is 44.3 Å². The van der Waals surface area contributed by atoms with E-state index in [4.69, 9.17) is 4.74 Å². The molecule has 4 nitrogen and oxygen atoms in total. The molecule has 35 heavy (non-hydrogen) atoms. The van der Waals surface area contributed by atoms with Crippen LogP contribution in [-0.4, -0.2) is 24.6 Å². The maximum absolute atomic E-state index is 14.2. The summed E-state index contributed by atoms with van der Waals surface area (Å²) >= 11 is 0. The number of allylic oxidation sites excluding steroid dienone is 3. The van der Waals surface area contributed by atoms with E-state index in [0.717, 1.165) is 44.9 Å². The summed E-state index contributed by atoms with van der Waals surface area (Å²) in [7, 11) is 1.47. The van der Waals surface area contributed by atoms with Crippen LogP contribution >= 0.6 is 0 Å². The van der Waals surface area contributed by atoms with Gasteiger partial charge in [-0.25, -0.2) is 0 Å². The highest BCUT2D eigenvalue weighted by molar-refractivity contribution is 5.97. The van der Waals surface area contributed by atoms with Gasteiger partial charge in [0.05, 0.1) is 12.5 Å². The molecule has 0 spiro atoms. The summed E-state index contributed by atoms with van der Waals surface area (Å²) in [6.45, 7) is 15.6. The van der Waals surface area contributed by atoms with Crippen molar-refractivity contribution in [3.8, 4) is 0 Å². The first-order valence-corrected chi connectivity index (χ1v) is 13.7. The molecule has 0 aromatic carbocycles. The van der Waals surface area contributed by atoms with Gasteiger partial charge in [0.2, 0.25) is 0 Å². The smallest absolute Gasteiger partial charge is 0.315 e. The molecule has 0 unspecified atom stereocenters. The number of esters is 1. The molecular formula is C31H44O4. The minimum Gasteiger partial charge on any atom is -0.468 e. The number of carbonyl (C=O) groups is 3. The van der Waals surface area contributed by atoms with E-state index in [9.17, 15) is 14.4 Å². The minimum absolute atomic E-state index is 0.0112. The van der Waals surface area contributed by atoms with E-state index in [1.807, 2.05) is 13.0 Å². The van der Waals surface area contributed by atoms with Crippen molar-refractivity contribution in [2.24, 2.45) is 44.3 Å². The van der Waals surface area contributed by atoms with Gasteiger partial charge < -0.3 is 4.74 Å². The van der Waals surface area contributed by atoms with E-state index in [1.54, 1.807) is 0 Å². The van der Waals surface area contributed by atoms with E-state index in [1.165, 1.54) is 18.3 Å². The molecule has 3 saturated carbocycles. The fraction of sp³-hybridized carbons (Fsp3) is 0.774. The Balaban J connectivity index is 1.67.